The van der Waals surface area contributed by atoms with Crippen molar-refractivity contribution in [3.8, 4) is 5.75 Å². The zero-order valence-electron chi connectivity index (χ0n) is 11.8. The molecule has 2 nitrogen and oxygen atoms in total. The SMILES string of the molecule is CCOc1c(Br)cc(CNc2cccc(C)c2Br)cc1Br. The Hall–Kier alpha value is -0.520. The quantitative estimate of drug-likeness (QED) is 0.546. The Kier molecular flexibility index (Phi) is 6.14. The van der Waals surface area contributed by atoms with E-state index >= 15 is 0 Å². The third-order valence-electron chi connectivity index (χ3n) is 3.02. The average molecular weight is 478 g/mol. The van der Waals surface area contributed by atoms with Crippen LogP contribution < -0.4 is 10.1 Å². The number of halogens is 3. The van der Waals surface area contributed by atoms with E-state index in [-0.39, 0.29) is 0 Å². The first kappa shape index (κ1) is 16.8. The minimum Gasteiger partial charge on any atom is -0.492 e. The lowest BCUT2D eigenvalue weighted by atomic mass is 10.2. The van der Waals surface area contributed by atoms with Gasteiger partial charge in [-0.1, -0.05) is 12.1 Å². The summed E-state index contributed by atoms with van der Waals surface area (Å²) in [6.45, 7) is 5.44. The van der Waals surface area contributed by atoms with Crippen molar-refractivity contribution in [2.24, 2.45) is 0 Å². The van der Waals surface area contributed by atoms with E-state index in [0.717, 1.165) is 31.4 Å². The van der Waals surface area contributed by atoms with Crippen LogP contribution in [0, 0.1) is 6.92 Å². The lowest BCUT2D eigenvalue weighted by molar-refractivity contribution is 0.336. The molecule has 0 atom stereocenters. The van der Waals surface area contributed by atoms with Crippen LogP contribution in [0.15, 0.2) is 43.7 Å². The van der Waals surface area contributed by atoms with Gasteiger partial charge in [0.2, 0.25) is 0 Å². The van der Waals surface area contributed by atoms with Crippen molar-refractivity contribution in [2.75, 3.05) is 11.9 Å². The first-order chi connectivity index (χ1) is 10.0. The topological polar surface area (TPSA) is 21.3 Å². The lowest BCUT2D eigenvalue weighted by Gasteiger charge is -2.13. The molecule has 0 spiro atoms. The number of benzene rings is 2. The number of nitrogens with one attached hydrogen (secondary N) is 1. The van der Waals surface area contributed by atoms with Crippen LogP contribution in [0.25, 0.3) is 0 Å². The summed E-state index contributed by atoms with van der Waals surface area (Å²) in [5, 5.41) is 3.45. The molecule has 2 aromatic rings. The van der Waals surface area contributed by atoms with Crippen LogP contribution in [0.5, 0.6) is 5.75 Å². The van der Waals surface area contributed by atoms with Gasteiger partial charge in [-0.05, 0) is 91.0 Å². The van der Waals surface area contributed by atoms with Gasteiger partial charge in [0.25, 0.3) is 0 Å². The fourth-order valence-corrected chi connectivity index (χ4v) is 3.89. The zero-order valence-corrected chi connectivity index (χ0v) is 16.6. The summed E-state index contributed by atoms with van der Waals surface area (Å²) in [5.41, 5.74) is 3.48. The van der Waals surface area contributed by atoms with Crippen molar-refractivity contribution in [3.63, 3.8) is 0 Å². The van der Waals surface area contributed by atoms with Gasteiger partial charge in [-0.3, -0.25) is 0 Å². The average Bonchev–Trinajstić information content (AvgIpc) is 2.44. The maximum atomic E-state index is 5.60. The molecule has 0 aromatic heterocycles. The minimum atomic E-state index is 0.644. The highest BCUT2D eigenvalue weighted by Crippen LogP contribution is 2.35. The summed E-state index contributed by atoms with van der Waals surface area (Å²) in [6.07, 6.45) is 0. The molecule has 2 aromatic carbocycles. The Labute approximate surface area is 150 Å². The van der Waals surface area contributed by atoms with Gasteiger partial charge in [0.15, 0.2) is 0 Å². The second-order valence-electron chi connectivity index (χ2n) is 4.61. The van der Waals surface area contributed by atoms with Crippen molar-refractivity contribution in [3.05, 3.63) is 54.9 Å². The molecule has 0 amide bonds. The molecule has 21 heavy (non-hydrogen) atoms. The van der Waals surface area contributed by atoms with E-state index in [1.54, 1.807) is 0 Å². The fourth-order valence-electron chi connectivity index (χ4n) is 1.98. The largest absolute Gasteiger partial charge is 0.492 e. The van der Waals surface area contributed by atoms with Crippen LogP contribution in [-0.2, 0) is 6.54 Å². The van der Waals surface area contributed by atoms with E-state index < -0.39 is 0 Å². The highest BCUT2D eigenvalue weighted by molar-refractivity contribution is 9.11. The van der Waals surface area contributed by atoms with Crippen molar-refractivity contribution >= 4 is 53.5 Å². The smallest absolute Gasteiger partial charge is 0.147 e. The monoisotopic (exact) mass is 475 g/mol. The first-order valence-corrected chi connectivity index (χ1v) is 9.00. The van der Waals surface area contributed by atoms with Gasteiger partial charge < -0.3 is 10.1 Å². The number of hydrogen-bond donors (Lipinski definition) is 1. The van der Waals surface area contributed by atoms with E-state index in [0.29, 0.717) is 6.61 Å². The molecular formula is C16H16Br3NO. The number of anilines is 1. The highest BCUT2D eigenvalue weighted by Gasteiger charge is 2.09. The Morgan fingerprint density at radius 3 is 2.38 bits per heavy atom. The zero-order chi connectivity index (χ0) is 15.4. The number of aryl methyl sites for hydroxylation is 1. The fraction of sp³-hybridized carbons (Fsp3) is 0.250. The molecule has 5 heteroatoms. The van der Waals surface area contributed by atoms with Crippen LogP contribution in [0.4, 0.5) is 5.69 Å². The van der Waals surface area contributed by atoms with Gasteiger partial charge >= 0.3 is 0 Å². The van der Waals surface area contributed by atoms with Crippen molar-refractivity contribution < 1.29 is 4.74 Å². The number of ether oxygens (including phenoxy) is 1. The van der Waals surface area contributed by atoms with Gasteiger partial charge in [-0.2, -0.15) is 0 Å². The van der Waals surface area contributed by atoms with Crippen molar-refractivity contribution in [1.82, 2.24) is 0 Å². The van der Waals surface area contributed by atoms with E-state index in [4.69, 9.17) is 4.74 Å². The van der Waals surface area contributed by atoms with Crippen LogP contribution in [-0.4, -0.2) is 6.61 Å². The predicted octanol–water partition coefficient (Wildman–Crippen LogP) is 6.29. The highest BCUT2D eigenvalue weighted by atomic mass is 79.9. The van der Waals surface area contributed by atoms with Gasteiger partial charge in [0.1, 0.15) is 5.75 Å². The Bertz CT molecular complexity index is 620. The number of rotatable bonds is 5. The molecule has 0 radical (unpaired) electrons. The Morgan fingerprint density at radius 1 is 1.10 bits per heavy atom. The lowest BCUT2D eigenvalue weighted by Crippen LogP contribution is -2.02. The maximum absolute atomic E-state index is 5.60. The standard InChI is InChI=1S/C16H16Br3NO/c1-3-21-16-12(17)7-11(8-13(16)18)9-20-14-6-4-5-10(2)15(14)19/h4-8,20H,3,9H2,1-2H3. The van der Waals surface area contributed by atoms with E-state index in [9.17, 15) is 0 Å². The van der Waals surface area contributed by atoms with Crippen LogP contribution in [0.2, 0.25) is 0 Å². The minimum absolute atomic E-state index is 0.644. The summed E-state index contributed by atoms with van der Waals surface area (Å²) in [5.74, 6) is 0.845. The van der Waals surface area contributed by atoms with Gasteiger partial charge in [0, 0.05) is 16.7 Å². The molecule has 0 aliphatic rings. The summed E-state index contributed by atoms with van der Waals surface area (Å²) in [6, 6.07) is 10.3. The van der Waals surface area contributed by atoms with Gasteiger partial charge in [-0.15, -0.1) is 0 Å². The molecule has 0 aliphatic carbocycles. The molecule has 1 N–H and O–H groups in total. The third-order valence-corrected chi connectivity index (χ3v) is 5.25. The number of hydrogen-bond acceptors (Lipinski definition) is 2. The Morgan fingerprint density at radius 2 is 1.76 bits per heavy atom. The molecule has 0 unspecified atom stereocenters. The third kappa shape index (κ3) is 4.24. The second kappa shape index (κ2) is 7.65. The van der Waals surface area contributed by atoms with Crippen LogP contribution >= 0.6 is 47.8 Å². The normalized spacial score (nSPS) is 10.5. The molecule has 112 valence electrons. The van der Waals surface area contributed by atoms with Crippen LogP contribution in [0.1, 0.15) is 18.1 Å². The first-order valence-electron chi connectivity index (χ1n) is 6.62. The second-order valence-corrected chi connectivity index (χ2v) is 7.11. The van der Waals surface area contributed by atoms with E-state index in [2.05, 4.69) is 84.3 Å². The van der Waals surface area contributed by atoms with Crippen LogP contribution in [0.3, 0.4) is 0 Å². The summed E-state index contributed by atoms with van der Waals surface area (Å²) < 4.78 is 8.62. The molecule has 0 heterocycles. The summed E-state index contributed by atoms with van der Waals surface area (Å²) in [7, 11) is 0. The molecule has 0 aliphatic heterocycles. The van der Waals surface area contributed by atoms with Gasteiger partial charge in [0.05, 0.1) is 15.6 Å². The molecule has 0 saturated carbocycles. The Balaban J connectivity index is 2.15. The predicted molar refractivity (Wildman–Crippen MR) is 99.2 cm³/mol. The van der Waals surface area contributed by atoms with E-state index in [1.165, 1.54) is 11.1 Å². The van der Waals surface area contributed by atoms with Crippen molar-refractivity contribution in [2.45, 2.75) is 20.4 Å². The molecular weight excluding hydrogens is 462 g/mol. The van der Waals surface area contributed by atoms with Gasteiger partial charge in [-0.25, -0.2) is 0 Å². The maximum Gasteiger partial charge on any atom is 0.147 e. The van der Waals surface area contributed by atoms with E-state index in [1.807, 2.05) is 13.0 Å². The summed E-state index contributed by atoms with van der Waals surface area (Å²) in [4.78, 5) is 0. The molecule has 0 saturated heterocycles. The summed E-state index contributed by atoms with van der Waals surface area (Å²) >= 11 is 10.7. The molecule has 2 rings (SSSR count). The molecule has 0 bridgehead atoms. The molecule has 0 fully saturated rings. The van der Waals surface area contributed by atoms with Crippen molar-refractivity contribution in [1.29, 1.82) is 0 Å².